The van der Waals surface area contributed by atoms with Gasteiger partial charge in [0.2, 0.25) is 0 Å². The minimum absolute atomic E-state index is 0.287. The summed E-state index contributed by atoms with van der Waals surface area (Å²) in [6.07, 6.45) is 6.57. The summed E-state index contributed by atoms with van der Waals surface area (Å²) < 4.78 is 5.72. The Balaban J connectivity index is 1.51. The van der Waals surface area contributed by atoms with Crippen LogP contribution in [0.2, 0.25) is 0 Å². The van der Waals surface area contributed by atoms with Gasteiger partial charge in [-0.2, -0.15) is 0 Å². The molecular formula is C18H25NO3. The number of carbonyl (C=O) groups is 1. The average Bonchev–Trinajstić information content (AvgIpc) is 2.92. The van der Waals surface area contributed by atoms with E-state index in [9.17, 15) is 9.90 Å². The standard InChI is InChI=1S/C18H25NO3/c20-18(21)17-13-14-7-4-5-10-16(14)19(17)11-6-12-22-15-8-2-1-3-9-15/h1-3,8-9,14,16-17H,4-7,10-13H2,(H,20,21)/t14-,16-,17-/m0/s1. The molecule has 2 fully saturated rings. The third-order valence-electron chi connectivity index (χ3n) is 5.08. The van der Waals surface area contributed by atoms with Gasteiger partial charge in [-0.05, 0) is 43.7 Å². The second-order valence-corrected chi connectivity index (χ2v) is 6.45. The smallest absolute Gasteiger partial charge is 0.320 e. The maximum absolute atomic E-state index is 11.5. The van der Waals surface area contributed by atoms with Crippen LogP contribution in [0.5, 0.6) is 5.75 Å². The molecule has 1 aromatic rings. The molecule has 0 amide bonds. The van der Waals surface area contributed by atoms with Crippen LogP contribution in [-0.4, -0.2) is 41.2 Å². The van der Waals surface area contributed by atoms with Gasteiger partial charge in [0.25, 0.3) is 0 Å². The number of rotatable bonds is 6. The minimum Gasteiger partial charge on any atom is -0.494 e. The van der Waals surface area contributed by atoms with Crippen molar-refractivity contribution in [3.05, 3.63) is 30.3 Å². The fraction of sp³-hybridized carbons (Fsp3) is 0.611. The minimum atomic E-state index is -0.654. The average molecular weight is 303 g/mol. The van der Waals surface area contributed by atoms with E-state index in [1.54, 1.807) is 0 Å². The van der Waals surface area contributed by atoms with Crippen LogP contribution in [0.15, 0.2) is 30.3 Å². The molecule has 0 spiro atoms. The number of aliphatic carboxylic acids is 1. The highest BCUT2D eigenvalue weighted by atomic mass is 16.5. The van der Waals surface area contributed by atoms with Crippen molar-refractivity contribution in [2.75, 3.05) is 13.2 Å². The summed E-state index contributed by atoms with van der Waals surface area (Å²) in [5.74, 6) is 0.817. The first-order valence-electron chi connectivity index (χ1n) is 8.42. The first-order chi connectivity index (χ1) is 10.8. The molecule has 4 nitrogen and oxygen atoms in total. The van der Waals surface area contributed by atoms with E-state index >= 15 is 0 Å². The quantitative estimate of drug-likeness (QED) is 0.820. The molecule has 1 aliphatic carbocycles. The summed E-state index contributed by atoms with van der Waals surface area (Å²) in [6.45, 7) is 1.47. The number of carboxylic acids is 1. The number of likely N-dealkylation sites (tertiary alicyclic amines) is 1. The fourth-order valence-electron chi connectivity index (χ4n) is 4.07. The van der Waals surface area contributed by atoms with E-state index in [4.69, 9.17) is 4.74 Å². The summed E-state index contributed by atoms with van der Waals surface area (Å²) in [6, 6.07) is 9.99. The highest BCUT2D eigenvalue weighted by Crippen LogP contribution is 2.39. The van der Waals surface area contributed by atoms with E-state index in [1.807, 2.05) is 30.3 Å². The van der Waals surface area contributed by atoms with Crippen LogP contribution in [-0.2, 0) is 4.79 Å². The number of hydrogen-bond donors (Lipinski definition) is 1. The Labute approximate surface area is 132 Å². The van der Waals surface area contributed by atoms with Crippen LogP contribution in [0.1, 0.15) is 38.5 Å². The van der Waals surface area contributed by atoms with Crippen LogP contribution in [0.4, 0.5) is 0 Å². The van der Waals surface area contributed by atoms with Crippen molar-refractivity contribution in [2.45, 2.75) is 50.6 Å². The van der Waals surface area contributed by atoms with Gasteiger partial charge < -0.3 is 9.84 Å². The van der Waals surface area contributed by atoms with Crippen LogP contribution in [0.3, 0.4) is 0 Å². The molecule has 0 aromatic heterocycles. The second kappa shape index (κ2) is 7.14. The van der Waals surface area contributed by atoms with Crippen molar-refractivity contribution in [3.8, 4) is 5.75 Å². The molecule has 1 aromatic carbocycles. The van der Waals surface area contributed by atoms with Gasteiger partial charge in [0.05, 0.1) is 6.61 Å². The summed E-state index contributed by atoms with van der Waals surface area (Å²) in [5.41, 5.74) is 0. The van der Waals surface area contributed by atoms with Gasteiger partial charge in [0, 0.05) is 12.6 Å². The van der Waals surface area contributed by atoms with Crippen molar-refractivity contribution in [1.29, 1.82) is 0 Å². The fourth-order valence-corrected chi connectivity index (χ4v) is 4.07. The maximum Gasteiger partial charge on any atom is 0.320 e. The zero-order valence-electron chi connectivity index (χ0n) is 13.0. The van der Waals surface area contributed by atoms with Gasteiger partial charge in [-0.3, -0.25) is 9.69 Å². The van der Waals surface area contributed by atoms with E-state index in [-0.39, 0.29) is 6.04 Å². The highest BCUT2D eigenvalue weighted by molar-refractivity contribution is 5.74. The lowest BCUT2D eigenvalue weighted by Crippen LogP contribution is -2.43. The molecule has 2 aliphatic rings. The summed E-state index contributed by atoms with van der Waals surface area (Å²) >= 11 is 0. The molecule has 1 heterocycles. The van der Waals surface area contributed by atoms with Crippen LogP contribution >= 0.6 is 0 Å². The Morgan fingerprint density at radius 1 is 1.23 bits per heavy atom. The molecule has 1 saturated carbocycles. The van der Waals surface area contributed by atoms with Crippen molar-refractivity contribution >= 4 is 5.97 Å². The Morgan fingerprint density at radius 3 is 2.77 bits per heavy atom. The van der Waals surface area contributed by atoms with E-state index in [0.717, 1.165) is 31.6 Å². The Morgan fingerprint density at radius 2 is 2.00 bits per heavy atom. The molecule has 1 saturated heterocycles. The van der Waals surface area contributed by atoms with Crippen molar-refractivity contribution in [1.82, 2.24) is 4.90 Å². The molecule has 1 N–H and O–H groups in total. The topological polar surface area (TPSA) is 49.8 Å². The van der Waals surface area contributed by atoms with Gasteiger partial charge in [0.15, 0.2) is 0 Å². The van der Waals surface area contributed by atoms with Crippen molar-refractivity contribution < 1.29 is 14.6 Å². The molecule has 4 heteroatoms. The van der Waals surface area contributed by atoms with Gasteiger partial charge in [-0.15, -0.1) is 0 Å². The number of ether oxygens (including phenoxy) is 1. The first kappa shape index (κ1) is 15.3. The normalized spacial score (nSPS) is 28.3. The lowest BCUT2D eigenvalue weighted by Gasteiger charge is -2.32. The second-order valence-electron chi connectivity index (χ2n) is 6.45. The molecule has 22 heavy (non-hydrogen) atoms. The summed E-state index contributed by atoms with van der Waals surface area (Å²) in [4.78, 5) is 13.8. The Hall–Kier alpha value is -1.55. The molecule has 3 rings (SSSR count). The Kier molecular flexibility index (Phi) is 4.98. The number of fused-ring (bicyclic) bond motifs is 1. The van der Waals surface area contributed by atoms with Crippen LogP contribution in [0.25, 0.3) is 0 Å². The zero-order chi connectivity index (χ0) is 15.4. The Bertz CT molecular complexity index is 490. The largest absolute Gasteiger partial charge is 0.494 e. The molecule has 0 radical (unpaired) electrons. The van der Waals surface area contributed by atoms with Gasteiger partial charge in [-0.1, -0.05) is 31.0 Å². The van der Waals surface area contributed by atoms with Gasteiger partial charge >= 0.3 is 5.97 Å². The van der Waals surface area contributed by atoms with Crippen LogP contribution in [0, 0.1) is 5.92 Å². The maximum atomic E-state index is 11.5. The van der Waals surface area contributed by atoms with Crippen molar-refractivity contribution in [2.24, 2.45) is 5.92 Å². The number of benzene rings is 1. The number of carboxylic acid groups (broad SMARTS) is 1. The van der Waals surface area contributed by atoms with Gasteiger partial charge in [0.1, 0.15) is 11.8 Å². The number of nitrogens with zero attached hydrogens (tertiary/aromatic N) is 1. The summed E-state index contributed by atoms with van der Waals surface area (Å²) in [7, 11) is 0. The highest BCUT2D eigenvalue weighted by Gasteiger charge is 2.44. The molecule has 0 unspecified atom stereocenters. The molecular weight excluding hydrogens is 278 g/mol. The molecule has 1 aliphatic heterocycles. The third-order valence-corrected chi connectivity index (χ3v) is 5.08. The lowest BCUT2D eigenvalue weighted by molar-refractivity contribution is -0.142. The van der Waals surface area contributed by atoms with E-state index in [0.29, 0.717) is 18.6 Å². The third kappa shape index (κ3) is 3.43. The monoisotopic (exact) mass is 303 g/mol. The van der Waals surface area contributed by atoms with Crippen LogP contribution < -0.4 is 4.74 Å². The number of para-hydroxylation sites is 1. The van der Waals surface area contributed by atoms with E-state index < -0.39 is 5.97 Å². The first-order valence-corrected chi connectivity index (χ1v) is 8.42. The van der Waals surface area contributed by atoms with Gasteiger partial charge in [-0.25, -0.2) is 0 Å². The van der Waals surface area contributed by atoms with Crippen molar-refractivity contribution in [3.63, 3.8) is 0 Å². The lowest BCUT2D eigenvalue weighted by atomic mass is 9.85. The summed E-state index contributed by atoms with van der Waals surface area (Å²) in [5, 5.41) is 9.49. The van der Waals surface area contributed by atoms with E-state index in [1.165, 1.54) is 19.3 Å². The predicted molar refractivity (Wildman–Crippen MR) is 85.0 cm³/mol. The molecule has 3 atom stereocenters. The predicted octanol–water partition coefficient (Wildman–Crippen LogP) is 3.17. The zero-order valence-corrected chi connectivity index (χ0v) is 13.0. The SMILES string of the molecule is O=C(O)[C@@H]1C[C@@H]2CCCC[C@@H]2N1CCCOc1ccccc1. The van der Waals surface area contributed by atoms with E-state index in [2.05, 4.69) is 4.90 Å². The number of hydrogen-bond acceptors (Lipinski definition) is 3. The molecule has 120 valence electrons. The molecule has 0 bridgehead atoms.